The molecule has 35 heavy (non-hydrogen) atoms. The maximum atomic E-state index is 13.3. The second kappa shape index (κ2) is 13.0. The van der Waals surface area contributed by atoms with Gasteiger partial charge in [0.25, 0.3) is 0 Å². The third-order valence-corrected chi connectivity index (χ3v) is 5.85. The van der Waals surface area contributed by atoms with Gasteiger partial charge in [-0.15, -0.1) is 0 Å². The number of imide groups is 1. The van der Waals surface area contributed by atoms with Crippen molar-refractivity contribution in [2.24, 2.45) is 17.8 Å². The van der Waals surface area contributed by atoms with Crippen LogP contribution in [0.2, 0.25) is 0 Å². The molecule has 0 radical (unpaired) electrons. The number of carbonyl (C=O) groups is 4. The molecule has 0 bridgehead atoms. The molecular weight excluding hydrogens is 452 g/mol. The molecule has 10 heteroatoms. The van der Waals surface area contributed by atoms with E-state index in [1.807, 2.05) is 56.3 Å². The summed E-state index contributed by atoms with van der Waals surface area (Å²) in [4.78, 5) is 55.5. The molecule has 1 unspecified atom stereocenters. The average molecular weight is 487 g/mol. The van der Waals surface area contributed by atoms with Crippen molar-refractivity contribution in [3.8, 4) is 0 Å². The minimum Gasteiger partial charge on any atom is -0.350 e. The predicted molar refractivity (Wildman–Crippen MR) is 128 cm³/mol. The van der Waals surface area contributed by atoms with Crippen LogP contribution in [0.3, 0.4) is 0 Å². The van der Waals surface area contributed by atoms with Gasteiger partial charge in [0.05, 0.1) is 11.8 Å². The lowest BCUT2D eigenvalue weighted by atomic mass is 9.82. The summed E-state index contributed by atoms with van der Waals surface area (Å²) in [6, 6.07) is 8.93. The van der Waals surface area contributed by atoms with Crippen molar-refractivity contribution in [2.75, 3.05) is 13.2 Å². The SMILES string of the molecule is CC(C)C[C@@H](C(=O)NN1CC(=O)NC1=O)[C@H](C/C=C/c1ccccc1)C(=O)NOC1CCCCO1. The molecular formula is C25H34N4O6. The van der Waals surface area contributed by atoms with E-state index in [2.05, 4.69) is 16.2 Å². The van der Waals surface area contributed by atoms with Gasteiger partial charge in [-0.1, -0.05) is 56.3 Å². The van der Waals surface area contributed by atoms with Gasteiger partial charge < -0.3 is 4.74 Å². The van der Waals surface area contributed by atoms with Crippen LogP contribution in [-0.2, 0) is 24.0 Å². The van der Waals surface area contributed by atoms with Crippen LogP contribution in [0.4, 0.5) is 4.79 Å². The van der Waals surface area contributed by atoms with Gasteiger partial charge in [-0.05, 0) is 37.2 Å². The summed E-state index contributed by atoms with van der Waals surface area (Å²) in [5.41, 5.74) is 5.97. The van der Waals surface area contributed by atoms with Gasteiger partial charge in [-0.2, -0.15) is 0 Å². The fourth-order valence-electron chi connectivity index (χ4n) is 4.08. The van der Waals surface area contributed by atoms with Crippen LogP contribution in [0.15, 0.2) is 36.4 Å². The second-order valence-electron chi connectivity index (χ2n) is 9.19. The molecule has 0 aliphatic carbocycles. The van der Waals surface area contributed by atoms with E-state index >= 15 is 0 Å². The van der Waals surface area contributed by atoms with Gasteiger partial charge in [-0.3, -0.25) is 25.1 Å². The van der Waals surface area contributed by atoms with Gasteiger partial charge in [0.2, 0.25) is 17.7 Å². The molecule has 0 aromatic heterocycles. The Morgan fingerprint density at radius 1 is 1.17 bits per heavy atom. The maximum absolute atomic E-state index is 13.3. The van der Waals surface area contributed by atoms with E-state index < -0.39 is 41.9 Å². The van der Waals surface area contributed by atoms with Crippen LogP contribution >= 0.6 is 0 Å². The number of allylic oxidation sites excluding steroid dienone is 1. The number of hydroxylamine groups is 1. The summed E-state index contributed by atoms with van der Waals surface area (Å²) >= 11 is 0. The lowest BCUT2D eigenvalue weighted by Gasteiger charge is -2.29. The Kier molecular flexibility index (Phi) is 9.80. The lowest BCUT2D eigenvalue weighted by molar-refractivity contribution is -0.203. The number of hydrogen-bond donors (Lipinski definition) is 3. The fourth-order valence-corrected chi connectivity index (χ4v) is 4.08. The summed E-state index contributed by atoms with van der Waals surface area (Å²) in [6.45, 7) is 4.20. The second-order valence-corrected chi connectivity index (χ2v) is 9.19. The Bertz CT molecular complexity index is 914. The highest BCUT2D eigenvalue weighted by molar-refractivity contribution is 6.02. The molecule has 2 saturated heterocycles. The van der Waals surface area contributed by atoms with Crippen LogP contribution < -0.4 is 16.2 Å². The van der Waals surface area contributed by atoms with Crippen molar-refractivity contribution in [3.63, 3.8) is 0 Å². The van der Waals surface area contributed by atoms with Gasteiger partial charge in [0, 0.05) is 13.0 Å². The Hall–Kier alpha value is -3.24. The quantitative estimate of drug-likeness (QED) is 0.326. The summed E-state index contributed by atoms with van der Waals surface area (Å²) in [5.74, 6) is -2.91. The van der Waals surface area contributed by atoms with Crippen LogP contribution in [0.5, 0.6) is 0 Å². The molecule has 0 spiro atoms. The van der Waals surface area contributed by atoms with Gasteiger partial charge >= 0.3 is 6.03 Å². The molecule has 5 amide bonds. The molecule has 10 nitrogen and oxygen atoms in total. The highest BCUT2D eigenvalue weighted by Crippen LogP contribution is 2.26. The van der Waals surface area contributed by atoms with E-state index in [-0.39, 0.29) is 18.9 Å². The van der Waals surface area contributed by atoms with E-state index in [4.69, 9.17) is 9.57 Å². The first-order valence-corrected chi connectivity index (χ1v) is 12.0. The first-order valence-electron chi connectivity index (χ1n) is 12.0. The fraction of sp³-hybridized carbons (Fsp3) is 0.520. The molecule has 1 aromatic carbocycles. The van der Waals surface area contributed by atoms with Crippen LogP contribution in [0.1, 0.15) is 51.5 Å². The zero-order chi connectivity index (χ0) is 25.2. The molecule has 3 atom stereocenters. The van der Waals surface area contributed by atoms with Crippen molar-refractivity contribution in [2.45, 2.75) is 52.2 Å². The zero-order valence-corrected chi connectivity index (χ0v) is 20.2. The number of ether oxygens (including phenoxy) is 1. The molecule has 2 heterocycles. The van der Waals surface area contributed by atoms with Crippen LogP contribution in [0.25, 0.3) is 6.08 Å². The molecule has 3 N–H and O–H groups in total. The molecule has 2 fully saturated rings. The predicted octanol–water partition coefficient (Wildman–Crippen LogP) is 2.53. The van der Waals surface area contributed by atoms with Crippen molar-refractivity contribution in [1.29, 1.82) is 0 Å². The summed E-state index contributed by atoms with van der Waals surface area (Å²) < 4.78 is 5.52. The van der Waals surface area contributed by atoms with E-state index in [9.17, 15) is 19.2 Å². The van der Waals surface area contributed by atoms with E-state index in [0.29, 0.717) is 19.4 Å². The number of hydrogen-bond acceptors (Lipinski definition) is 6. The molecule has 2 aliphatic heterocycles. The Morgan fingerprint density at radius 2 is 1.94 bits per heavy atom. The normalized spacial score (nSPS) is 20.1. The molecule has 0 saturated carbocycles. The minimum absolute atomic E-state index is 0.0933. The van der Waals surface area contributed by atoms with Gasteiger partial charge in [0.15, 0.2) is 6.29 Å². The number of urea groups is 1. The molecule has 190 valence electrons. The van der Waals surface area contributed by atoms with E-state index in [1.165, 1.54) is 0 Å². The highest BCUT2D eigenvalue weighted by atomic mass is 16.8. The number of nitrogens with zero attached hydrogens (tertiary/aromatic N) is 1. The standard InChI is InChI=1S/C25H34N4O6/c1-17(2)15-20(23(31)27-29-16-21(30)26-25(29)33)19(12-8-11-18-9-4-3-5-10-18)24(32)28-35-22-13-6-7-14-34-22/h3-5,8-11,17,19-20,22H,6-7,12-16H2,1-2H3,(H,27,31)(H,28,32)(H,26,30,33)/b11-8+/t19-,20+,22?/m0/s1. The smallest absolute Gasteiger partial charge is 0.343 e. The highest BCUT2D eigenvalue weighted by Gasteiger charge is 2.37. The number of amides is 5. The molecule has 3 rings (SSSR count). The summed E-state index contributed by atoms with van der Waals surface area (Å²) in [7, 11) is 0. The topological polar surface area (TPSA) is 126 Å². The minimum atomic E-state index is -0.776. The Morgan fingerprint density at radius 3 is 2.57 bits per heavy atom. The average Bonchev–Trinajstić information content (AvgIpc) is 3.16. The van der Waals surface area contributed by atoms with Crippen molar-refractivity contribution < 1.29 is 28.8 Å². The largest absolute Gasteiger partial charge is 0.350 e. The van der Waals surface area contributed by atoms with Gasteiger partial charge in [-0.25, -0.2) is 20.1 Å². The summed E-state index contributed by atoms with van der Waals surface area (Å²) in [5, 5.41) is 3.05. The van der Waals surface area contributed by atoms with Crippen LogP contribution in [0, 0.1) is 17.8 Å². The van der Waals surface area contributed by atoms with Gasteiger partial charge in [0.1, 0.15) is 6.54 Å². The molecule has 1 aromatic rings. The van der Waals surface area contributed by atoms with E-state index in [1.54, 1.807) is 0 Å². The third-order valence-electron chi connectivity index (χ3n) is 5.85. The van der Waals surface area contributed by atoms with Crippen molar-refractivity contribution in [1.82, 2.24) is 21.2 Å². The summed E-state index contributed by atoms with van der Waals surface area (Å²) in [6.07, 6.45) is 6.45. The first kappa shape index (κ1) is 26.4. The molecule has 2 aliphatic rings. The number of rotatable bonds is 11. The maximum Gasteiger partial charge on any atom is 0.343 e. The van der Waals surface area contributed by atoms with Crippen molar-refractivity contribution >= 4 is 29.8 Å². The van der Waals surface area contributed by atoms with Crippen molar-refractivity contribution in [3.05, 3.63) is 42.0 Å². The van der Waals surface area contributed by atoms with E-state index in [0.717, 1.165) is 23.4 Å². The lowest BCUT2D eigenvalue weighted by Crippen LogP contribution is -2.50. The monoisotopic (exact) mass is 486 g/mol. The Labute approximate surface area is 205 Å². The number of benzene rings is 1. The third kappa shape index (κ3) is 8.18. The first-order chi connectivity index (χ1) is 16.8. The zero-order valence-electron chi connectivity index (χ0n) is 20.2. The number of nitrogens with one attached hydrogen (secondary N) is 3. The number of hydrazine groups is 1. The number of carbonyl (C=O) groups excluding carboxylic acids is 4. The van der Waals surface area contributed by atoms with Crippen LogP contribution in [-0.4, -0.2) is 48.2 Å². The Balaban J connectivity index is 1.76.